The van der Waals surface area contributed by atoms with Gasteiger partial charge in [0.25, 0.3) is 17.5 Å². The second-order valence-corrected chi connectivity index (χ2v) is 7.54. The molecule has 0 radical (unpaired) electrons. The highest BCUT2D eigenvalue weighted by Crippen LogP contribution is 2.26. The molecule has 3 aromatic carbocycles. The fourth-order valence-electron chi connectivity index (χ4n) is 3.05. The van der Waals surface area contributed by atoms with E-state index in [2.05, 4.69) is 10.6 Å². The summed E-state index contributed by atoms with van der Waals surface area (Å²) in [6, 6.07) is 20.3. The van der Waals surface area contributed by atoms with Gasteiger partial charge >= 0.3 is 5.97 Å². The van der Waals surface area contributed by atoms with Gasteiger partial charge in [-0.2, -0.15) is 0 Å². The highest BCUT2D eigenvalue weighted by molar-refractivity contribution is 6.33. The van der Waals surface area contributed by atoms with Crippen molar-refractivity contribution in [3.05, 3.63) is 105 Å². The summed E-state index contributed by atoms with van der Waals surface area (Å²) in [5, 5.41) is 16.2. The van der Waals surface area contributed by atoms with Crippen molar-refractivity contribution in [1.29, 1.82) is 0 Å². The van der Waals surface area contributed by atoms with Gasteiger partial charge in [0, 0.05) is 17.7 Å². The van der Waals surface area contributed by atoms with Crippen LogP contribution in [0.1, 0.15) is 28.4 Å². The average Bonchev–Trinajstić information content (AvgIpc) is 2.84. The first-order chi connectivity index (χ1) is 16.3. The lowest BCUT2D eigenvalue weighted by atomic mass is 10.0. The van der Waals surface area contributed by atoms with Crippen LogP contribution in [0.25, 0.3) is 0 Å². The number of hydrogen-bond acceptors (Lipinski definition) is 6. The maximum absolute atomic E-state index is 12.6. The number of non-ortho nitro benzene ring substituents is 1. The largest absolute Gasteiger partial charge is 0.455 e. The number of carbonyl (C=O) groups excluding carboxylic acids is 3. The van der Waals surface area contributed by atoms with Crippen molar-refractivity contribution in [2.75, 3.05) is 11.9 Å². The number of ether oxygens (including phenoxy) is 1. The molecule has 0 aliphatic rings. The number of halogens is 1. The molecule has 0 spiro atoms. The Morgan fingerprint density at radius 1 is 0.971 bits per heavy atom. The molecule has 1 atom stereocenters. The summed E-state index contributed by atoms with van der Waals surface area (Å²) in [5.41, 5.74) is 0.896. The molecule has 0 aliphatic carbocycles. The zero-order valence-corrected chi connectivity index (χ0v) is 18.5. The van der Waals surface area contributed by atoms with Gasteiger partial charge in [-0.25, -0.2) is 0 Å². The molecule has 0 fully saturated rings. The summed E-state index contributed by atoms with van der Waals surface area (Å²) in [4.78, 5) is 47.5. The first kappa shape index (κ1) is 24.4. The highest BCUT2D eigenvalue weighted by Gasteiger charge is 2.21. The van der Waals surface area contributed by atoms with E-state index in [9.17, 15) is 24.5 Å². The van der Waals surface area contributed by atoms with Crippen LogP contribution in [0.15, 0.2) is 78.9 Å². The number of nitro benzene ring substituents is 1. The minimum Gasteiger partial charge on any atom is -0.455 e. The summed E-state index contributed by atoms with van der Waals surface area (Å²) in [6.07, 6.45) is -0.215. The quantitative estimate of drug-likeness (QED) is 0.266. The van der Waals surface area contributed by atoms with Crippen molar-refractivity contribution in [2.24, 2.45) is 0 Å². The van der Waals surface area contributed by atoms with Crippen LogP contribution >= 0.6 is 11.6 Å². The summed E-state index contributed by atoms with van der Waals surface area (Å²) >= 11 is 5.96. The lowest BCUT2D eigenvalue weighted by Gasteiger charge is -2.19. The van der Waals surface area contributed by atoms with E-state index in [4.69, 9.17) is 16.3 Å². The Kier molecular flexibility index (Phi) is 8.31. The molecule has 0 heterocycles. The molecule has 0 aliphatic heterocycles. The van der Waals surface area contributed by atoms with Crippen molar-refractivity contribution in [1.82, 2.24) is 5.32 Å². The average molecular weight is 482 g/mol. The van der Waals surface area contributed by atoms with Crippen molar-refractivity contribution in [2.45, 2.75) is 12.5 Å². The third-order valence-electron chi connectivity index (χ3n) is 4.71. The first-order valence-corrected chi connectivity index (χ1v) is 10.5. The SMILES string of the molecule is O=C(COC(=O)C[C@@H](NC(=O)c1ccccc1)c1ccccc1)Nc1cc([N+](=O)[O-])ccc1Cl. The van der Waals surface area contributed by atoms with Gasteiger partial charge in [-0.15, -0.1) is 0 Å². The molecule has 34 heavy (non-hydrogen) atoms. The number of benzene rings is 3. The van der Waals surface area contributed by atoms with Crippen LogP contribution in [0.2, 0.25) is 5.02 Å². The van der Waals surface area contributed by atoms with Crippen molar-refractivity contribution in [3.8, 4) is 0 Å². The molecular formula is C24H20ClN3O6. The molecule has 2 amide bonds. The molecule has 0 saturated heterocycles. The van der Waals surface area contributed by atoms with E-state index in [1.165, 1.54) is 12.1 Å². The number of esters is 1. The van der Waals surface area contributed by atoms with Crippen LogP contribution < -0.4 is 10.6 Å². The summed E-state index contributed by atoms with van der Waals surface area (Å²) < 4.78 is 5.05. The minimum absolute atomic E-state index is 0.0224. The van der Waals surface area contributed by atoms with E-state index in [-0.39, 0.29) is 28.7 Å². The van der Waals surface area contributed by atoms with Crippen LogP contribution in [-0.4, -0.2) is 29.3 Å². The summed E-state index contributed by atoms with van der Waals surface area (Å²) in [5.74, 6) is -1.80. The van der Waals surface area contributed by atoms with E-state index >= 15 is 0 Å². The fourth-order valence-corrected chi connectivity index (χ4v) is 3.21. The molecule has 0 aromatic heterocycles. The molecular weight excluding hydrogens is 462 g/mol. The van der Waals surface area contributed by atoms with Crippen LogP contribution in [0.4, 0.5) is 11.4 Å². The van der Waals surface area contributed by atoms with Gasteiger partial charge in [0.05, 0.1) is 28.1 Å². The maximum Gasteiger partial charge on any atom is 0.308 e. The Labute approximate surface area is 199 Å². The lowest BCUT2D eigenvalue weighted by molar-refractivity contribution is -0.384. The molecule has 0 saturated carbocycles. The van der Waals surface area contributed by atoms with Crippen molar-refractivity contribution < 1.29 is 24.0 Å². The monoisotopic (exact) mass is 481 g/mol. The smallest absolute Gasteiger partial charge is 0.308 e. The molecule has 10 heteroatoms. The highest BCUT2D eigenvalue weighted by atomic mass is 35.5. The second kappa shape index (κ2) is 11.6. The standard InChI is InChI=1S/C24H20ClN3O6/c25-19-12-11-18(28(32)33)13-21(19)26-22(29)15-34-23(30)14-20(16-7-3-1-4-8-16)27-24(31)17-9-5-2-6-10-17/h1-13,20H,14-15H2,(H,26,29)(H,27,31)/t20-/m1/s1. The molecule has 2 N–H and O–H groups in total. The van der Waals surface area contributed by atoms with Gasteiger partial charge in [-0.1, -0.05) is 60.1 Å². The van der Waals surface area contributed by atoms with Gasteiger partial charge in [0.1, 0.15) is 0 Å². The number of nitrogens with one attached hydrogen (secondary N) is 2. The van der Waals surface area contributed by atoms with E-state index in [0.717, 1.165) is 6.07 Å². The van der Waals surface area contributed by atoms with Gasteiger partial charge in [0.15, 0.2) is 6.61 Å². The van der Waals surface area contributed by atoms with E-state index in [1.54, 1.807) is 60.7 Å². The predicted octanol–water partition coefficient (Wildman–Crippen LogP) is 4.29. The number of rotatable bonds is 9. The Balaban J connectivity index is 1.61. The first-order valence-electron chi connectivity index (χ1n) is 10.1. The molecule has 174 valence electrons. The van der Waals surface area contributed by atoms with Gasteiger partial charge in [-0.3, -0.25) is 24.5 Å². The van der Waals surface area contributed by atoms with E-state index < -0.39 is 29.4 Å². The Hall–Kier alpha value is -4.24. The van der Waals surface area contributed by atoms with Crippen LogP contribution in [0, 0.1) is 10.1 Å². The van der Waals surface area contributed by atoms with Crippen LogP contribution in [-0.2, 0) is 14.3 Å². The molecule has 0 bridgehead atoms. The Morgan fingerprint density at radius 3 is 2.26 bits per heavy atom. The number of anilines is 1. The van der Waals surface area contributed by atoms with Gasteiger partial charge in [0.2, 0.25) is 0 Å². The van der Waals surface area contributed by atoms with Gasteiger partial charge in [-0.05, 0) is 23.8 Å². The second-order valence-electron chi connectivity index (χ2n) is 7.14. The van der Waals surface area contributed by atoms with Crippen molar-refractivity contribution >= 4 is 40.8 Å². The number of nitrogens with zero attached hydrogens (tertiary/aromatic N) is 1. The normalized spacial score (nSPS) is 11.2. The Morgan fingerprint density at radius 2 is 1.62 bits per heavy atom. The summed E-state index contributed by atoms with van der Waals surface area (Å²) in [7, 11) is 0. The third kappa shape index (κ3) is 6.88. The Bertz CT molecular complexity index is 1190. The molecule has 9 nitrogen and oxygen atoms in total. The zero-order chi connectivity index (χ0) is 24.5. The fraction of sp³-hybridized carbons (Fsp3) is 0.125. The number of carbonyl (C=O) groups is 3. The lowest BCUT2D eigenvalue weighted by Crippen LogP contribution is -2.31. The topological polar surface area (TPSA) is 128 Å². The van der Waals surface area contributed by atoms with Gasteiger partial charge < -0.3 is 15.4 Å². The van der Waals surface area contributed by atoms with Crippen molar-refractivity contribution in [3.63, 3.8) is 0 Å². The summed E-state index contributed by atoms with van der Waals surface area (Å²) in [6.45, 7) is -0.633. The van der Waals surface area contributed by atoms with E-state index in [1.807, 2.05) is 0 Å². The van der Waals surface area contributed by atoms with Crippen LogP contribution in [0.3, 0.4) is 0 Å². The predicted molar refractivity (Wildman–Crippen MR) is 125 cm³/mol. The van der Waals surface area contributed by atoms with Crippen LogP contribution in [0.5, 0.6) is 0 Å². The third-order valence-corrected chi connectivity index (χ3v) is 5.04. The molecule has 3 aromatic rings. The molecule has 3 rings (SSSR count). The zero-order valence-electron chi connectivity index (χ0n) is 17.8. The maximum atomic E-state index is 12.6. The number of amides is 2. The van der Waals surface area contributed by atoms with E-state index in [0.29, 0.717) is 11.1 Å². The molecule has 0 unspecified atom stereocenters. The minimum atomic E-state index is -0.722. The number of nitro groups is 1. The number of hydrogen-bond donors (Lipinski definition) is 2.